The Morgan fingerprint density at radius 2 is 1.80 bits per heavy atom. The first-order valence-electron chi connectivity index (χ1n) is 13.0. The van der Waals surface area contributed by atoms with E-state index in [1.807, 2.05) is 6.07 Å². The fourth-order valence-electron chi connectivity index (χ4n) is 5.06. The average Bonchev–Trinajstić information content (AvgIpc) is 3.46. The van der Waals surface area contributed by atoms with E-state index in [1.165, 1.54) is 18.2 Å². The van der Waals surface area contributed by atoms with E-state index in [9.17, 15) is 36.4 Å². The van der Waals surface area contributed by atoms with E-state index in [4.69, 9.17) is 16.3 Å². The van der Waals surface area contributed by atoms with Crippen LogP contribution in [0.15, 0.2) is 23.1 Å². The van der Waals surface area contributed by atoms with Crippen molar-refractivity contribution >= 4 is 39.1 Å². The average molecular weight is 605 g/mol. The van der Waals surface area contributed by atoms with Crippen LogP contribution in [0.4, 0.5) is 23.7 Å². The maximum Gasteiger partial charge on any atom is 0.411 e. The highest BCUT2D eigenvalue weighted by molar-refractivity contribution is 7.92. The summed E-state index contributed by atoms with van der Waals surface area (Å²) in [7, 11) is -4.15. The third-order valence-electron chi connectivity index (χ3n) is 7.50. The number of alkyl halides is 3. The summed E-state index contributed by atoms with van der Waals surface area (Å²) < 4.78 is 71.9. The third-order valence-corrected chi connectivity index (χ3v) is 10.1. The number of halogens is 4. The Hall–Kier alpha value is -2.72. The Balaban J connectivity index is 1.54. The van der Waals surface area contributed by atoms with Gasteiger partial charge in [0.05, 0.1) is 27.2 Å². The highest BCUT2D eigenvalue weighted by Gasteiger charge is 2.51. The van der Waals surface area contributed by atoms with Crippen LogP contribution in [0, 0.1) is 17.2 Å². The van der Waals surface area contributed by atoms with Crippen molar-refractivity contribution in [2.45, 2.75) is 86.4 Å². The van der Waals surface area contributed by atoms with Crippen molar-refractivity contribution in [3.8, 4) is 6.07 Å². The lowest BCUT2D eigenvalue weighted by atomic mass is 9.96. The van der Waals surface area contributed by atoms with Gasteiger partial charge in [0.1, 0.15) is 17.2 Å². The molecular weight excluding hydrogens is 573 g/mol. The highest BCUT2D eigenvalue weighted by Crippen LogP contribution is 2.39. The molecule has 1 aromatic carbocycles. The molecule has 0 spiro atoms. The summed E-state index contributed by atoms with van der Waals surface area (Å²) in [6.07, 6.45) is -4.54. The summed E-state index contributed by atoms with van der Waals surface area (Å²) in [6.45, 7) is 4.92. The first-order chi connectivity index (χ1) is 18.5. The highest BCUT2D eigenvalue weighted by atomic mass is 35.5. The molecule has 2 heterocycles. The van der Waals surface area contributed by atoms with Gasteiger partial charge >= 0.3 is 12.3 Å². The van der Waals surface area contributed by atoms with Crippen LogP contribution in [0.1, 0.15) is 52.9 Å². The number of benzene rings is 1. The van der Waals surface area contributed by atoms with Crippen molar-refractivity contribution in [2.75, 3.05) is 24.5 Å². The zero-order chi connectivity index (χ0) is 29.7. The molecule has 2 atom stereocenters. The second-order valence-electron chi connectivity index (χ2n) is 11.7. The number of nitrogens with zero attached hydrogens (tertiary/aromatic N) is 3. The number of rotatable bonds is 5. The van der Waals surface area contributed by atoms with Crippen LogP contribution >= 0.6 is 11.6 Å². The summed E-state index contributed by atoms with van der Waals surface area (Å²) in [4.78, 5) is 28.7. The molecule has 1 saturated carbocycles. The molecule has 1 aromatic rings. The summed E-state index contributed by atoms with van der Waals surface area (Å²) >= 11 is 6.41. The van der Waals surface area contributed by atoms with Gasteiger partial charge in [-0.25, -0.2) is 13.2 Å². The number of carbonyl (C=O) groups excluding carboxylic acids is 2. The lowest BCUT2D eigenvalue weighted by Crippen LogP contribution is -2.50. The van der Waals surface area contributed by atoms with E-state index in [0.29, 0.717) is 18.5 Å². The van der Waals surface area contributed by atoms with Gasteiger partial charge in [0.15, 0.2) is 9.84 Å². The molecule has 0 bridgehead atoms. The second kappa shape index (κ2) is 10.6. The number of nitrogens with one attached hydrogen (secondary N) is 1. The molecule has 40 heavy (non-hydrogen) atoms. The number of hydrogen-bond donors (Lipinski definition) is 1. The number of carbonyl (C=O) groups is 2. The standard InChI is InChI=1S/C26H32ClF3N4O5S/c1-24(2,3)39-23(36)34-14-18(13-20(34)22(35)32-25(15-31)8-9-25)40(37,38)21-5-4-17(12-19(21)27)33-10-6-16(7-11-33)26(28,29)30/h4-5,12,16,18,20H,6-11,13-14H2,1-3H3,(H,32,35)/t18-,20+/m1/s1. The Morgan fingerprint density at radius 1 is 1.18 bits per heavy atom. The van der Waals surface area contributed by atoms with Gasteiger partial charge < -0.3 is 15.0 Å². The van der Waals surface area contributed by atoms with E-state index in [2.05, 4.69) is 5.32 Å². The van der Waals surface area contributed by atoms with Crippen LogP contribution < -0.4 is 10.2 Å². The van der Waals surface area contributed by atoms with Crippen LogP contribution in [0.3, 0.4) is 0 Å². The molecule has 1 aliphatic carbocycles. The van der Waals surface area contributed by atoms with E-state index in [1.54, 1.807) is 25.7 Å². The number of nitriles is 1. The largest absolute Gasteiger partial charge is 0.444 e. The second-order valence-corrected chi connectivity index (χ2v) is 14.3. The van der Waals surface area contributed by atoms with Crippen LogP contribution in [0.5, 0.6) is 0 Å². The number of piperidine rings is 1. The minimum Gasteiger partial charge on any atom is -0.444 e. The molecule has 3 aliphatic rings. The van der Waals surface area contributed by atoms with E-state index >= 15 is 0 Å². The summed E-state index contributed by atoms with van der Waals surface area (Å²) in [6, 6.07) is 5.09. The van der Waals surface area contributed by atoms with Gasteiger partial charge in [0.25, 0.3) is 0 Å². The normalized spacial score (nSPS) is 23.4. The van der Waals surface area contributed by atoms with Crippen molar-refractivity contribution in [3.05, 3.63) is 23.2 Å². The number of amides is 2. The smallest absolute Gasteiger partial charge is 0.411 e. The zero-order valence-electron chi connectivity index (χ0n) is 22.4. The van der Waals surface area contributed by atoms with E-state index < -0.39 is 56.4 Å². The fourth-order valence-corrected chi connectivity index (χ4v) is 7.30. The number of hydrogen-bond acceptors (Lipinski definition) is 7. The predicted molar refractivity (Wildman–Crippen MR) is 140 cm³/mol. The van der Waals surface area contributed by atoms with Gasteiger partial charge in [0, 0.05) is 25.3 Å². The monoisotopic (exact) mass is 604 g/mol. The molecule has 3 fully saturated rings. The molecule has 9 nitrogen and oxygen atoms in total. The molecule has 2 aliphatic heterocycles. The molecule has 14 heteroatoms. The molecule has 0 unspecified atom stereocenters. The summed E-state index contributed by atoms with van der Waals surface area (Å²) in [5.41, 5.74) is -1.40. The van der Waals surface area contributed by atoms with Gasteiger partial charge in [-0.2, -0.15) is 18.4 Å². The minimum atomic E-state index is -4.25. The molecular formula is C26H32ClF3N4O5S. The van der Waals surface area contributed by atoms with Crippen LogP contribution in [0.2, 0.25) is 5.02 Å². The lowest BCUT2D eigenvalue weighted by Gasteiger charge is -2.34. The first kappa shape index (κ1) is 30.2. The molecule has 220 valence electrons. The molecule has 0 radical (unpaired) electrons. The van der Waals surface area contributed by atoms with E-state index in [-0.39, 0.29) is 48.8 Å². The van der Waals surface area contributed by atoms with Crippen molar-refractivity contribution < 1.29 is 35.9 Å². The number of likely N-dealkylation sites (tertiary alicyclic amines) is 1. The van der Waals surface area contributed by atoms with Gasteiger partial charge in [0.2, 0.25) is 5.91 Å². The summed E-state index contributed by atoms with van der Waals surface area (Å²) in [5, 5.41) is 10.7. The lowest BCUT2D eigenvalue weighted by molar-refractivity contribution is -0.179. The van der Waals surface area contributed by atoms with Crippen LogP contribution in [-0.4, -0.2) is 73.6 Å². The molecule has 1 N–H and O–H groups in total. The van der Waals surface area contributed by atoms with Gasteiger partial charge in [-0.05, 0) is 71.1 Å². The predicted octanol–water partition coefficient (Wildman–Crippen LogP) is 4.44. The quantitative estimate of drug-likeness (QED) is 0.527. The molecule has 4 rings (SSSR count). The Morgan fingerprint density at radius 3 is 2.30 bits per heavy atom. The van der Waals surface area contributed by atoms with Crippen molar-refractivity contribution in [2.24, 2.45) is 5.92 Å². The van der Waals surface area contributed by atoms with Crippen molar-refractivity contribution in [1.29, 1.82) is 5.26 Å². The van der Waals surface area contributed by atoms with Crippen molar-refractivity contribution in [1.82, 2.24) is 10.2 Å². The number of sulfone groups is 1. The van der Waals surface area contributed by atoms with Gasteiger partial charge in [-0.3, -0.25) is 9.69 Å². The number of ether oxygens (including phenoxy) is 1. The maximum atomic E-state index is 13.7. The van der Waals surface area contributed by atoms with Gasteiger partial charge in [-0.1, -0.05) is 11.6 Å². The fraction of sp³-hybridized carbons (Fsp3) is 0.654. The topological polar surface area (TPSA) is 120 Å². The zero-order valence-corrected chi connectivity index (χ0v) is 24.0. The molecule has 2 amide bonds. The van der Waals surface area contributed by atoms with Crippen molar-refractivity contribution in [3.63, 3.8) is 0 Å². The molecule has 0 aromatic heterocycles. The first-order valence-corrected chi connectivity index (χ1v) is 15.0. The van der Waals surface area contributed by atoms with Crippen LogP contribution in [-0.2, 0) is 19.4 Å². The maximum absolute atomic E-state index is 13.7. The van der Waals surface area contributed by atoms with E-state index in [0.717, 1.165) is 4.90 Å². The third kappa shape index (κ3) is 6.43. The summed E-state index contributed by atoms with van der Waals surface area (Å²) in [5.74, 6) is -2.01. The Kier molecular flexibility index (Phi) is 8.01. The van der Waals surface area contributed by atoms with Gasteiger partial charge in [-0.15, -0.1) is 0 Å². The Bertz CT molecular complexity index is 1310. The Labute approximate surface area is 236 Å². The SMILES string of the molecule is CC(C)(C)OC(=O)N1C[C@H](S(=O)(=O)c2ccc(N3CCC(C(F)(F)F)CC3)cc2Cl)C[C@H]1C(=O)NC1(C#N)CC1. The number of anilines is 1. The minimum absolute atomic E-state index is 0.0692. The van der Waals surface area contributed by atoms with Crippen LogP contribution in [0.25, 0.3) is 0 Å². The molecule has 2 saturated heterocycles.